The number of hydrogen-bond acceptors (Lipinski definition) is 3. The standard InChI is InChI=1S/C17H26N2OS/c1-21-13-10-17(20)18-16-8-5-11-19(14-16)12-9-15-6-3-2-4-7-15/h2-4,6-7,16H,5,8-14H2,1H3,(H,18,20). The average molecular weight is 306 g/mol. The van der Waals surface area contributed by atoms with Crippen LogP contribution in [0.1, 0.15) is 24.8 Å². The van der Waals surface area contributed by atoms with E-state index in [1.54, 1.807) is 11.8 Å². The Morgan fingerprint density at radius 2 is 2.19 bits per heavy atom. The fourth-order valence-electron chi connectivity index (χ4n) is 2.80. The first-order valence-corrected chi connectivity index (χ1v) is 9.22. The maximum absolute atomic E-state index is 11.8. The molecule has 0 spiro atoms. The second-order valence-electron chi connectivity index (χ2n) is 5.69. The molecular formula is C17H26N2OS. The molecule has 1 N–H and O–H groups in total. The molecular weight excluding hydrogens is 280 g/mol. The van der Waals surface area contributed by atoms with Crippen LogP contribution in [0.15, 0.2) is 30.3 Å². The molecule has 1 heterocycles. The number of amides is 1. The second-order valence-corrected chi connectivity index (χ2v) is 6.67. The molecule has 1 aliphatic heterocycles. The molecule has 1 amide bonds. The van der Waals surface area contributed by atoms with Gasteiger partial charge in [0, 0.05) is 31.3 Å². The number of nitrogens with one attached hydrogen (secondary N) is 1. The summed E-state index contributed by atoms with van der Waals surface area (Å²) in [5.74, 6) is 1.12. The highest BCUT2D eigenvalue weighted by Gasteiger charge is 2.20. The van der Waals surface area contributed by atoms with Gasteiger partial charge in [-0.15, -0.1) is 0 Å². The van der Waals surface area contributed by atoms with E-state index in [9.17, 15) is 4.79 Å². The van der Waals surface area contributed by atoms with Crippen LogP contribution in [-0.4, -0.2) is 48.5 Å². The van der Waals surface area contributed by atoms with E-state index in [0.717, 1.165) is 38.2 Å². The predicted molar refractivity (Wildman–Crippen MR) is 90.7 cm³/mol. The summed E-state index contributed by atoms with van der Waals surface area (Å²) in [4.78, 5) is 14.3. The predicted octanol–water partition coefficient (Wildman–Crippen LogP) is 2.56. The Labute approximate surface area is 132 Å². The summed E-state index contributed by atoms with van der Waals surface area (Å²) in [7, 11) is 0. The lowest BCUT2D eigenvalue weighted by molar-refractivity contribution is -0.121. The Morgan fingerprint density at radius 3 is 2.95 bits per heavy atom. The number of nitrogens with zero attached hydrogens (tertiary/aromatic N) is 1. The molecule has 21 heavy (non-hydrogen) atoms. The van der Waals surface area contributed by atoms with Crippen molar-refractivity contribution in [2.45, 2.75) is 31.7 Å². The van der Waals surface area contributed by atoms with Crippen molar-refractivity contribution < 1.29 is 4.79 Å². The van der Waals surface area contributed by atoms with Crippen molar-refractivity contribution in [1.82, 2.24) is 10.2 Å². The van der Waals surface area contributed by atoms with E-state index >= 15 is 0 Å². The van der Waals surface area contributed by atoms with Crippen LogP contribution in [-0.2, 0) is 11.2 Å². The Morgan fingerprint density at radius 1 is 1.38 bits per heavy atom. The van der Waals surface area contributed by atoms with Gasteiger partial charge in [0.25, 0.3) is 0 Å². The zero-order valence-corrected chi connectivity index (χ0v) is 13.7. The maximum atomic E-state index is 11.8. The van der Waals surface area contributed by atoms with Gasteiger partial charge in [0.15, 0.2) is 0 Å². The lowest BCUT2D eigenvalue weighted by atomic mass is 10.0. The third kappa shape index (κ3) is 6.10. The first-order chi connectivity index (χ1) is 10.3. The molecule has 0 saturated carbocycles. The van der Waals surface area contributed by atoms with Gasteiger partial charge in [-0.05, 0) is 37.6 Å². The molecule has 0 aliphatic carbocycles. The lowest BCUT2D eigenvalue weighted by Gasteiger charge is -2.33. The van der Waals surface area contributed by atoms with Crippen LogP contribution in [0.4, 0.5) is 0 Å². The number of thioether (sulfide) groups is 1. The molecule has 1 fully saturated rings. The number of piperidine rings is 1. The summed E-state index contributed by atoms with van der Waals surface area (Å²) in [6.45, 7) is 3.24. The fourth-order valence-corrected chi connectivity index (χ4v) is 3.19. The molecule has 0 radical (unpaired) electrons. The molecule has 1 aliphatic rings. The number of rotatable bonds is 7. The van der Waals surface area contributed by atoms with Crippen LogP contribution < -0.4 is 5.32 Å². The summed E-state index contributed by atoms with van der Waals surface area (Å²) in [6, 6.07) is 11.0. The largest absolute Gasteiger partial charge is 0.352 e. The highest BCUT2D eigenvalue weighted by atomic mass is 32.2. The smallest absolute Gasteiger partial charge is 0.221 e. The van der Waals surface area contributed by atoms with Crippen molar-refractivity contribution in [3.63, 3.8) is 0 Å². The van der Waals surface area contributed by atoms with Crippen LogP contribution in [0.2, 0.25) is 0 Å². The van der Waals surface area contributed by atoms with Crippen molar-refractivity contribution in [2.24, 2.45) is 0 Å². The van der Waals surface area contributed by atoms with Gasteiger partial charge >= 0.3 is 0 Å². The van der Waals surface area contributed by atoms with Crippen molar-refractivity contribution in [1.29, 1.82) is 0 Å². The normalized spacial score (nSPS) is 19.4. The first-order valence-electron chi connectivity index (χ1n) is 7.82. The number of carbonyl (C=O) groups excluding carboxylic acids is 1. The van der Waals surface area contributed by atoms with Gasteiger partial charge in [-0.3, -0.25) is 4.79 Å². The molecule has 1 aromatic carbocycles. The minimum Gasteiger partial charge on any atom is -0.352 e. The number of carbonyl (C=O) groups is 1. The van der Waals surface area contributed by atoms with Gasteiger partial charge in [-0.25, -0.2) is 0 Å². The first kappa shape index (κ1) is 16.4. The molecule has 1 atom stereocenters. The topological polar surface area (TPSA) is 32.3 Å². The van der Waals surface area contributed by atoms with Gasteiger partial charge in [-0.2, -0.15) is 11.8 Å². The van der Waals surface area contributed by atoms with E-state index in [1.807, 2.05) is 6.26 Å². The Hall–Kier alpha value is -1.00. The minimum absolute atomic E-state index is 0.208. The minimum atomic E-state index is 0.208. The summed E-state index contributed by atoms with van der Waals surface area (Å²) in [6.07, 6.45) is 6.07. The number of benzene rings is 1. The van der Waals surface area contributed by atoms with Crippen LogP contribution in [0.5, 0.6) is 0 Å². The van der Waals surface area contributed by atoms with Crippen molar-refractivity contribution in [3.05, 3.63) is 35.9 Å². The summed E-state index contributed by atoms with van der Waals surface area (Å²) >= 11 is 1.73. The Bertz CT molecular complexity index is 424. The third-order valence-corrected chi connectivity index (χ3v) is 4.58. The molecule has 4 heteroatoms. The lowest BCUT2D eigenvalue weighted by Crippen LogP contribution is -2.48. The molecule has 1 unspecified atom stereocenters. The van der Waals surface area contributed by atoms with Gasteiger partial charge in [0.2, 0.25) is 5.91 Å². The third-order valence-electron chi connectivity index (χ3n) is 3.96. The Kier molecular flexibility index (Phi) is 7.10. The van der Waals surface area contributed by atoms with E-state index < -0.39 is 0 Å². The van der Waals surface area contributed by atoms with Crippen molar-refractivity contribution in [2.75, 3.05) is 31.6 Å². The van der Waals surface area contributed by atoms with E-state index in [1.165, 1.54) is 12.0 Å². The van der Waals surface area contributed by atoms with Crippen LogP contribution in [0, 0.1) is 0 Å². The maximum Gasteiger partial charge on any atom is 0.221 e. The van der Waals surface area contributed by atoms with E-state index in [2.05, 4.69) is 40.5 Å². The molecule has 0 bridgehead atoms. The van der Waals surface area contributed by atoms with Gasteiger partial charge in [-0.1, -0.05) is 30.3 Å². The zero-order valence-electron chi connectivity index (χ0n) is 12.9. The van der Waals surface area contributed by atoms with Crippen LogP contribution in [0.25, 0.3) is 0 Å². The summed E-state index contributed by atoms with van der Waals surface area (Å²) in [5.41, 5.74) is 1.39. The molecule has 1 aromatic rings. The van der Waals surface area contributed by atoms with E-state index in [-0.39, 0.29) is 5.91 Å². The highest BCUT2D eigenvalue weighted by Crippen LogP contribution is 2.12. The van der Waals surface area contributed by atoms with Crippen LogP contribution >= 0.6 is 11.8 Å². The summed E-state index contributed by atoms with van der Waals surface area (Å²) in [5, 5.41) is 3.19. The second kappa shape index (κ2) is 9.11. The summed E-state index contributed by atoms with van der Waals surface area (Å²) < 4.78 is 0. The SMILES string of the molecule is CSCCC(=O)NC1CCCN(CCc2ccccc2)C1. The molecule has 2 rings (SSSR count). The molecule has 1 saturated heterocycles. The van der Waals surface area contributed by atoms with Crippen molar-refractivity contribution in [3.8, 4) is 0 Å². The fraction of sp³-hybridized carbons (Fsp3) is 0.588. The van der Waals surface area contributed by atoms with Gasteiger partial charge in [0.05, 0.1) is 0 Å². The average Bonchev–Trinajstić information content (AvgIpc) is 2.52. The highest BCUT2D eigenvalue weighted by molar-refractivity contribution is 7.98. The Balaban J connectivity index is 1.71. The monoisotopic (exact) mass is 306 g/mol. The molecule has 116 valence electrons. The number of likely N-dealkylation sites (tertiary alicyclic amines) is 1. The van der Waals surface area contributed by atoms with Crippen molar-refractivity contribution >= 4 is 17.7 Å². The van der Waals surface area contributed by atoms with E-state index in [0.29, 0.717) is 12.5 Å². The van der Waals surface area contributed by atoms with Gasteiger partial charge in [0.1, 0.15) is 0 Å². The molecule has 0 aromatic heterocycles. The van der Waals surface area contributed by atoms with E-state index in [4.69, 9.17) is 0 Å². The number of hydrogen-bond donors (Lipinski definition) is 1. The quantitative estimate of drug-likeness (QED) is 0.840. The van der Waals surface area contributed by atoms with Gasteiger partial charge < -0.3 is 10.2 Å². The molecule has 3 nitrogen and oxygen atoms in total. The zero-order chi connectivity index (χ0) is 14.9. The van der Waals surface area contributed by atoms with Crippen LogP contribution in [0.3, 0.4) is 0 Å².